The quantitative estimate of drug-likeness (QED) is 0.539. The number of carbonyl (C=O) groups is 1. The van der Waals surface area contributed by atoms with Crippen molar-refractivity contribution < 1.29 is 4.79 Å². The fraction of sp³-hybridized carbons (Fsp3) is 0.750. The molecular weight excluding hydrogens is 280 g/mol. The molecule has 0 radical (unpaired) electrons. The predicted molar refractivity (Wildman–Crippen MR) is 80.4 cm³/mol. The van der Waals surface area contributed by atoms with Crippen molar-refractivity contribution >= 4 is 29.0 Å². The molecule has 1 aromatic heterocycles. The standard InChI is InChI=1S/C12H22N4OS2/c1-9(2)15-12(3,10(13)17)6-4-5-7-18-11-16-14-8-19-11/h8-9,15H,4-7H2,1-3H3,(H2,13,17). The summed E-state index contributed by atoms with van der Waals surface area (Å²) in [5.74, 6) is 0.712. The second kappa shape index (κ2) is 7.81. The van der Waals surface area contributed by atoms with Crippen molar-refractivity contribution in [3.63, 3.8) is 0 Å². The van der Waals surface area contributed by atoms with Gasteiger partial charge in [0.05, 0.1) is 5.54 Å². The third-order valence-electron chi connectivity index (χ3n) is 2.79. The van der Waals surface area contributed by atoms with Crippen molar-refractivity contribution in [2.75, 3.05) is 5.75 Å². The van der Waals surface area contributed by atoms with Gasteiger partial charge in [-0.1, -0.05) is 29.5 Å². The van der Waals surface area contributed by atoms with E-state index in [2.05, 4.69) is 15.5 Å². The van der Waals surface area contributed by atoms with E-state index in [9.17, 15) is 4.79 Å². The van der Waals surface area contributed by atoms with Crippen molar-refractivity contribution in [2.24, 2.45) is 5.73 Å². The van der Waals surface area contributed by atoms with Crippen molar-refractivity contribution in [1.29, 1.82) is 0 Å². The summed E-state index contributed by atoms with van der Waals surface area (Å²) in [4.78, 5) is 11.5. The molecule has 0 bridgehead atoms. The van der Waals surface area contributed by atoms with Crippen molar-refractivity contribution in [3.05, 3.63) is 5.51 Å². The molecule has 19 heavy (non-hydrogen) atoms. The van der Waals surface area contributed by atoms with Crippen LogP contribution in [0.4, 0.5) is 0 Å². The Balaban J connectivity index is 2.26. The van der Waals surface area contributed by atoms with E-state index in [-0.39, 0.29) is 11.9 Å². The van der Waals surface area contributed by atoms with Crippen LogP contribution in [0.3, 0.4) is 0 Å². The van der Waals surface area contributed by atoms with E-state index >= 15 is 0 Å². The number of nitrogens with two attached hydrogens (primary N) is 1. The number of aromatic nitrogens is 2. The van der Waals surface area contributed by atoms with Gasteiger partial charge in [-0.2, -0.15) is 0 Å². The van der Waals surface area contributed by atoms with E-state index in [0.717, 1.165) is 29.4 Å². The second-order valence-electron chi connectivity index (χ2n) is 5.01. The van der Waals surface area contributed by atoms with Gasteiger partial charge in [0.2, 0.25) is 5.91 Å². The van der Waals surface area contributed by atoms with Crippen molar-refractivity contribution in [1.82, 2.24) is 15.5 Å². The molecule has 1 atom stereocenters. The van der Waals surface area contributed by atoms with Crippen LogP contribution in [0, 0.1) is 0 Å². The number of hydrogen-bond acceptors (Lipinski definition) is 6. The molecule has 0 saturated heterocycles. The van der Waals surface area contributed by atoms with Gasteiger partial charge in [-0.3, -0.25) is 4.79 Å². The lowest BCUT2D eigenvalue weighted by Crippen LogP contribution is -2.55. The summed E-state index contributed by atoms with van der Waals surface area (Å²) in [6.07, 6.45) is 2.76. The number of thioether (sulfide) groups is 1. The summed E-state index contributed by atoms with van der Waals surface area (Å²) in [6.45, 7) is 5.92. The fourth-order valence-corrected chi connectivity index (χ4v) is 3.43. The van der Waals surface area contributed by atoms with E-state index in [1.54, 1.807) is 28.6 Å². The molecule has 0 spiro atoms. The Morgan fingerprint density at radius 1 is 1.58 bits per heavy atom. The van der Waals surface area contributed by atoms with E-state index < -0.39 is 5.54 Å². The van der Waals surface area contributed by atoms with Crippen LogP contribution in [0.15, 0.2) is 9.85 Å². The highest BCUT2D eigenvalue weighted by atomic mass is 32.2. The van der Waals surface area contributed by atoms with Crippen molar-refractivity contribution in [3.8, 4) is 0 Å². The highest BCUT2D eigenvalue weighted by Crippen LogP contribution is 2.22. The molecule has 1 aromatic rings. The summed E-state index contributed by atoms with van der Waals surface area (Å²) in [5, 5.41) is 11.0. The van der Waals surface area contributed by atoms with Crippen LogP contribution in [0.1, 0.15) is 40.0 Å². The number of nitrogens with zero attached hydrogens (tertiary/aromatic N) is 2. The van der Waals surface area contributed by atoms with E-state index in [4.69, 9.17) is 5.73 Å². The minimum atomic E-state index is -0.610. The fourth-order valence-electron chi connectivity index (χ4n) is 1.87. The van der Waals surface area contributed by atoms with Gasteiger partial charge < -0.3 is 11.1 Å². The van der Waals surface area contributed by atoms with Gasteiger partial charge in [0.25, 0.3) is 0 Å². The Kier molecular flexibility index (Phi) is 6.74. The Morgan fingerprint density at radius 2 is 2.32 bits per heavy atom. The first-order chi connectivity index (χ1) is 8.94. The van der Waals surface area contributed by atoms with Gasteiger partial charge in [-0.05, 0) is 33.6 Å². The molecule has 0 saturated carbocycles. The van der Waals surface area contributed by atoms with Gasteiger partial charge in [0.1, 0.15) is 5.51 Å². The highest BCUT2D eigenvalue weighted by Gasteiger charge is 2.30. The summed E-state index contributed by atoms with van der Waals surface area (Å²) in [7, 11) is 0. The maximum Gasteiger partial charge on any atom is 0.237 e. The molecule has 1 rings (SSSR count). The average Bonchev–Trinajstić information content (AvgIpc) is 2.80. The minimum Gasteiger partial charge on any atom is -0.368 e. The summed E-state index contributed by atoms with van der Waals surface area (Å²) < 4.78 is 0.998. The molecule has 108 valence electrons. The van der Waals surface area contributed by atoms with Gasteiger partial charge in [-0.15, -0.1) is 10.2 Å². The molecule has 7 heteroatoms. The molecular formula is C12H22N4OS2. The molecule has 3 N–H and O–H groups in total. The Morgan fingerprint density at radius 3 is 2.84 bits per heavy atom. The predicted octanol–water partition coefficient (Wildman–Crippen LogP) is 2.04. The number of hydrogen-bond donors (Lipinski definition) is 2. The lowest BCUT2D eigenvalue weighted by molar-refractivity contribution is -0.124. The van der Waals surface area contributed by atoms with Crippen molar-refractivity contribution in [2.45, 2.75) is 56.0 Å². The second-order valence-corrected chi connectivity index (χ2v) is 7.18. The molecule has 0 aliphatic rings. The molecule has 1 amide bonds. The normalized spacial score (nSPS) is 14.5. The zero-order valence-corrected chi connectivity index (χ0v) is 13.3. The maximum atomic E-state index is 11.5. The van der Waals surface area contributed by atoms with Crippen LogP contribution in [0.2, 0.25) is 0 Å². The first kappa shape index (κ1) is 16.4. The van der Waals surface area contributed by atoms with Crippen LogP contribution in [0.25, 0.3) is 0 Å². The van der Waals surface area contributed by atoms with Gasteiger partial charge >= 0.3 is 0 Å². The molecule has 1 heterocycles. The molecule has 0 aliphatic heterocycles. The number of unbranched alkanes of at least 4 members (excludes halogenated alkanes) is 1. The highest BCUT2D eigenvalue weighted by molar-refractivity contribution is 8.00. The number of carbonyl (C=O) groups excluding carboxylic acids is 1. The number of rotatable bonds is 9. The van der Waals surface area contributed by atoms with Crippen LogP contribution in [-0.2, 0) is 4.79 Å². The number of primary amides is 1. The van der Waals surface area contributed by atoms with Gasteiger partial charge in [0.15, 0.2) is 4.34 Å². The topological polar surface area (TPSA) is 80.9 Å². The third-order valence-corrected chi connectivity index (χ3v) is 4.73. The van der Waals surface area contributed by atoms with Crippen LogP contribution in [-0.4, -0.2) is 33.4 Å². The zero-order chi connectivity index (χ0) is 14.3. The Hall–Kier alpha value is -0.660. The molecule has 0 aliphatic carbocycles. The van der Waals surface area contributed by atoms with Gasteiger partial charge in [-0.25, -0.2) is 0 Å². The molecule has 1 unspecified atom stereocenters. The van der Waals surface area contributed by atoms with E-state index in [1.165, 1.54) is 0 Å². The minimum absolute atomic E-state index is 0.244. The monoisotopic (exact) mass is 302 g/mol. The van der Waals surface area contributed by atoms with Crippen LogP contribution in [0.5, 0.6) is 0 Å². The molecule has 0 fully saturated rings. The Labute approximate surface area is 122 Å². The lowest BCUT2D eigenvalue weighted by Gasteiger charge is -2.29. The SMILES string of the molecule is CC(C)NC(C)(CCCCSc1nncs1)C(N)=O. The third kappa shape index (κ3) is 5.88. The van der Waals surface area contributed by atoms with Gasteiger partial charge in [0, 0.05) is 11.8 Å². The largest absolute Gasteiger partial charge is 0.368 e. The number of amides is 1. The van der Waals surface area contributed by atoms with E-state index in [0.29, 0.717) is 0 Å². The zero-order valence-electron chi connectivity index (χ0n) is 11.7. The number of nitrogens with one attached hydrogen (secondary N) is 1. The maximum absolute atomic E-state index is 11.5. The summed E-state index contributed by atoms with van der Waals surface area (Å²) in [5.41, 5.74) is 6.61. The van der Waals surface area contributed by atoms with E-state index in [1.807, 2.05) is 20.8 Å². The molecule has 0 aromatic carbocycles. The van der Waals surface area contributed by atoms with Crippen LogP contribution >= 0.6 is 23.1 Å². The summed E-state index contributed by atoms with van der Waals surface area (Å²) >= 11 is 3.26. The average molecular weight is 302 g/mol. The lowest BCUT2D eigenvalue weighted by atomic mass is 9.93. The first-order valence-electron chi connectivity index (χ1n) is 6.40. The first-order valence-corrected chi connectivity index (χ1v) is 8.27. The Bertz CT molecular complexity index is 383. The smallest absolute Gasteiger partial charge is 0.237 e. The van der Waals surface area contributed by atoms with Crippen LogP contribution < -0.4 is 11.1 Å². The molecule has 5 nitrogen and oxygen atoms in total. The summed E-state index contributed by atoms with van der Waals surface area (Å²) in [6, 6.07) is 0.244.